The molecule has 1 atom stereocenters. The number of nitrogens with one attached hydrogen (secondary N) is 1. The molecule has 1 aliphatic rings. The molecule has 0 unspecified atom stereocenters. The van der Waals surface area contributed by atoms with Gasteiger partial charge >= 0.3 is 0 Å². The van der Waals surface area contributed by atoms with Crippen molar-refractivity contribution in [3.63, 3.8) is 0 Å². The van der Waals surface area contributed by atoms with E-state index in [0.29, 0.717) is 23.0 Å². The van der Waals surface area contributed by atoms with Crippen LogP contribution in [-0.4, -0.2) is 12.8 Å². The smallest absolute Gasteiger partial charge is 0.198 e. The van der Waals surface area contributed by atoms with Crippen LogP contribution in [0.2, 0.25) is 0 Å². The maximum absolute atomic E-state index is 12.7. The Morgan fingerprint density at radius 1 is 1.17 bits per heavy atom. The van der Waals surface area contributed by atoms with Gasteiger partial charge in [0.25, 0.3) is 0 Å². The van der Waals surface area contributed by atoms with Gasteiger partial charge in [-0.2, -0.15) is 5.10 Å². The third kappa shape index (κ3) is 2.44. The Bertz CT molecular complexity index is 974. The summed E-state index contributed by atoms with van der Waals surface area (Å²) < 4.78 is 10.8. The Hall–Kier alpha value is -3.08. The molecule has 0 aliphatic carbocycles. The van der Waals surface area contributed by atoms with Crippen LogP contribution < -0.4 is 15.6 Å². The molecule has 0 bridgehead atoms. The van der Waals surface area contributed by atoms with Crippen LogP contribution in [0.5, 0.6) is 5.75 Å². The summed E-state index contributed by atoms with van der Waals surface area (Å²) in [6, 6.07) is 14.8. The number of methoxy groups -OCH3 is 1. The number of fused-ring (bicyclic) bond motifs is 1. The lowest BCUT2D eigenvalue weighted by atomic mass is 9.99. The van der Waals surface area contributed by atoms with Gasteiger partial charge in [-0.3, -0.25) is 4.79 Å². The minimum absolute atomic E-state index is 0.0134. The average molecular weight is 320 g/mol. The highest BCUT2D eigenvalue weighted by atomic mass is 16.5. The van der Waals surface area contributed by atoms with Crippen molar-refractivity contribution in [3.05, 3.63) is 76.1 Å². The molecular formula is C19H16N2O3. The Labute approximate surface area is 138 Å². The van der Waals surface area contributed by atoms with E-state index in [9.17, 15) is 4.79 Å². The summed E-state index contributed by atoms with van der Waals surface area (Å²) in [5.74, 6) is 0.803. The first-order valence-corrected chi connectivity index (χ1v) is 7.73. The number of hydrazone groups is 1. The fourth-order valence-electron chi connectivity index (χ4n) is 2.92. The van der Waals surface area contributed by atoms with Crippen molar-refractivity contribution in [1.82, 2.24) is 5.43 Å². The van der Waals surface area contributed by atoms with E-state index in [1.54, 1.807) is 19.2 Å². The van der Waals surface area contributed by atoms with Gasteiger partial charge in [0.15, 0.2) is 5.43 Å². The maximum atomic E-state index is 12.7. The molecule has 1 aliphatic heterocycles. The van der Waals surface area contributed by atoms with E-state index in [4.69, 9.17) is 9.15 Å². The molecule has 1 aromatic heterocycles. The van der Waals surface area contributed by atoms with Crippen LogP contribution >= 0.6 is 0 Å². The summed E-state index contributed by atoms with van der Waals surface area (Å²) in [7, 11) is 1.64. The molecular weight excluding hydrogens is 304 g/mol. The van der Waals surface area contributed by atoms with Crippen molar-refractivity contribution < 1.29 is 9.15 Å². The second-order valence-electron chi connectivity index (χ2n) is 5.69. The highest BCUT2D eigenvalue weighted by Crippen LogP contribution is 2.25. The molecule has 0 saturated carbocycles. The quantitative estimate of drug-likeness (QED) is 0.804. The summed E-state index contributed by atoms with van der Waals surface area (Å²) in [6.45, 7) is 0. The van der Waals surface area contributed by atoms with Crippen molar-refractivity contribution in [2.75, 3.05) is 7.11 Å². The molecule has 120 valence electrons. The van der Waals surface area contributed by atoms with Crippen molar-refractivity contribution in [2.45, 2.75) is 12.5 Å². The lowest BCUT2D eigenvalue weighted by Crippen LogP contribution is -2.19. The summed E-state index contributed by atoms with van der Waals surface area (Å²) in [4.78, 5) is 12.7. The maximum Gasteiger partial charge on any atom is 0.198 e. The third-order valence-corrected chi connectivity index (χ3v) is 4.26. The summed E-state index contributed by atoms with van der Waals surface area (Å²) in [5.41, 5.74) is 6.16. The first kappa shape index (κ1) is 14.5. The second-order valence-corrected chi connectivity index (χ2v) is 5.69. The van der Waals surface area contributed by atoms with Crippen LogP contribution in [0, 0.1) is 0 Å². The van der Waals surface area contributed by atoms with Crippen molar-refractivity contribution in [3.8, 4) is 5.75 Å². The highest BCUT2D eigenvalue weighted by Gasteiger charge is 2.24. The zero-order valence-electron chi connectivity index (χ0n) is 13.2. The Morgan fingerprint density at radius 2 is 1.96 bits per heavy atom. The third-order valence-electron chi connectivity index (χ3n) is 4.26. The van der Waals surface area contributed by atoms with Gasteiger partial charge < -0.3 is 14.6 Å². The van der Waals surface area contributed by atoms with E-state index in [-0.39, 0.29) is 11.5 Å². The Kier molecular flexibility index (Phi) is 3.54. The standard InChI is InChI=1S/C19H16N2O3/c1-23-13-8-6-12(7-9-13)16-10-17(21-20-16)15-11-24-18-5-3-2-4-14(18)19(15)22/h2-9,11,17,21H,10H2,1H3/t17-/m1/s1. The van der Waals surface area contributed by atoms with Crippen LogP contribution in [0.25, 0.3) is 11.0 Å². The van der Waals surface area contributed by atoms with Gasteiger partial charge in [-0.1, -0.05) is 12.1 Å². The molecule has 0 amide bonds. The predicted molar refractivity (Wildman–Crippen MR) is 92.5 cm³/mol. The molecule has 5 heteroatoms. The van der Waals surface area contributed by atoms with E-state index in [1.165, 1.54) is 6.26 Å². The van der Waals surface area contributed by atoms with Gasteiger partial charge in [-0.25, -0.2) is 0 Å². The lowest BCUT2D eigenvalue weighted by Gasteiger charge is -2.09. The molecule has 0 fully saturated rings. The molecule has 5 nitrogen and oxygen atoms in total. The molecule has 4 rings (SSSR count). The predicted octanol–water partition coefficient (Wildman–Crippen LogP) is 3.24. The zero-order chi connectivity index (χ0) is 16.5. The summed E-state index contributed by atoms with van der Waals surface area (Å²) in [5, 5.41) is 4.98. The number of para-hydroxylation sites is 1. The molecule has 3 aromatic rings. The first-order chi connectivity index (χ1) is 11.8. The van der Waals surface area contributed by atoms with Crippen LogP contribution in [0.3, 0.4) is 0 Å². The molecule has 1 N–H and O–H groups in total. The lowest BCUT2D eigenvalue weighted by molar-refractivity contribution is 0.415. The number of hydrogen-bond acceptors (Lipinski definition) is 5. The van der Waals surface area contributed by atoms with Gasteiger partial charge in [0.05, 0.1) is 29.8 Å². The van der Waals surface area contributed by atoms with Crippen molar-refractivity contribution >= 4 is 16.7 Å². The summed E-state index contributed by atoms with van der Waals surface area (Å²) in [6.07, 6.45) is 2.17. The van der Waals surface area contributed by atoms with E-state index in [1.807, 2.05) is 36.4 Å². The molecule has 24 heavy (non-hydrogen) atoms. The molecule has 2 aromatic carbocycles. The number of benzene rings is 2. The average Bonchev–Trinajstić information content (AvgIpc) is 3.12. The normalized spacial score (nSPS) is 16.7. The van der Waals surface area contributed by atoms with E-state index in [0.717, 1.165) is 17.0 Å². The van der Waals surface area contributed by atoms with E-state index in [2.05, 4.69) is 10.5 Å². The monoisotopic (exact) mass is 320 g/mol. The van der Waals surface area contributed by atoms with Gasteiger partial charge in [-0.15, -0.1) is 0 Å². The van der Waals surface area contributed by atoms with Crippen molar-refractivity contribution in [1.29, 1.82) is 0 Å². The van der Waals surface area contributed by atoms with Gasteiger partial charge in [0.1, 0.15) is 17.6 Å². The van der Waals surface area contributed by atoms with Crippen LogP contribution in [0.1, 0.15) is 23.6 Å². The molecule has 0 spiro atoms. The number of rotatable bonds is 3. The zero-order valence-corrected chi connectivity index (χ0v) is 13.2. The second kappa shape index (κ2) is 5.85. The van der Waals surface area contributed by atoms with E-state index < -0.39 is 0 Å². The van der Waals surface area contributed by atoms with E-state index >= 15 is 0 Å². The molecule has 0 saturated heterocycles. The van der Waals surface area contributed by atoms with Gasteiger partial charge in [0, 0.05) is 6.42 Å². The highest BCUT2D eigenvalue weighted by molar-refractivity contribution is 6.01. The first-order valence-electron chi connectivity index (χ1n) is 7.73. The number of hydrogen-bond donors (Lipinski definition) is 1. The molecule has 2 heterocycles. The number of ether oxygens (including phenoxy) is 1. The Balaban J connectivity index is 1.62. The topological polar surface area (TPSA) is 63.8 Å². The minimum Gasteiger partial charge on any atom is -0.497 e. The van der Waals surface area contributed by atoms with Crippen LogP contribution in [0.15, 0.2) is 69.1 Å². The Morgan fingerprint density at radius 3 is 2.75 bits per heavy atom. The fourth-order valence-corrected chi connectivity index (χ4v) is 2.92. The fraction of sp³-hybridized carbons (Fsp3) is 0.158. The van der Waals surface area contributed by atoms with Gasteiger partial charge in [-0.05, 0) is 42.0 Å². The van der Waals surface area contributed by atoms with Crippen molar-refractivity contribution in [2.24, 2.45) is 5.10 Å². The van der Waals surface area contributed by atoms with Crippen LogP contribution in [0.4, 0.5) is 0 Å². The SMILES string of the molecule is COc1ccc(C2=NN[C@@H](c3coc4ccccc4c3=O)C2)cc1. The minimum atomic E-state index is -0.178. The van der Waals surface area contributed by atoms with Crippen LogP contribution in [-0.2, 0) is 0 Å². The molecule has 0 radical (unpaired) electrons. The number of nitrogens with zero attached hydrogens (tertiary/aromatic N) is 1. The van der Waals surface area contributed by atoms with Gasteiger partial charge in [0.2, 0.25) is 0 Å². The summed E-state index contributed by atoms with van der Waals surface area (Å²) >= 11 is 0. The largest absolute Gasteiger partial charge is 0.497 e.